The number of nitriles is 1. The molecule has 0 spiro atoms. The van der Waals surface area contributed by atoms with Gasteiger partial charge in [-0.05, 0) is 96.4 Å². The summed E-state index contributed by atoms with van der Waals surface area (Å²) in [5.74, 6) is -1.29. The number of halogens is 2. The number of carboxylic acid groups (broad SMARTS) is 1. The lowest BCUT2D eigenvalue weighted by atomic mass is 9.75. The SMILES string of the molecule is CCC1(C(=O)NC(C)(C)C)CCN(c2ccc(-c3nc(-c4cnn(C5CCC(N6CCN(c7c(F)cc(N[C@@H]8CCC(=O)NC8=O)cc7F)CC6)CC5)c4)cn4ncc(C#N)c34)cn2)CC1.O=CO. The summed E-state index contributed by atoms with van der Waals surface area (Å²) in [6.45, 7) is 11.7. The molecule has 1 atom stereocenters. The minimum Gasteiger partial charge on any atom is -0.483 e. The zero-order chi connectivity index (χ0) is 49.0. The van der Waals surface area contributed by atoms with Crippen molar-refractivity contribution in [1.82, 2.24) is 44.9 Å². The van der Waals surface area contributed by atoms with Gasteiger partial charge in [0.15, 0.2) is 11.6 Å². The number of hydrogen-bond acceptors (Lipinski definition) is 13. The Morgan fingerprint density at radius 1 is 0.928 bits per heavy atom. The number of fused-ring (bicyclic) bond motifs is 1. The quantitative estimate of drug-likeness (QED) is 0.0942. The molecule has 1 aliphatic carbocycles. The first-order valence-electron chi connectivity index (χ1n) is 23.7. The summed E-state index contributed by atoms with van der Waals surface area (Å²) in [5.41, 5.74) is 3.28. The van der Waals surface area contributed by atoms with Crippen LogP contribution in [0, 0.1) is 28.4 Å². The molecule has 1 aromatic carbocycles. The molecule has 5 aromatic rings. The minimum atomic E-state index is -0.733. The summed E-state index contributed by atoms with van der Waals surface area (Å²) in [4.78, 5) is 61.7. The highest BCUT2D eigenvalue weighted by Gasteiger charge is 2.41. The molecule has 3 saturated heterocycles. The number of rotatable bonds is 10. The molecule has 3 amide bonds. The van der Waals surface area contributed by atoms with E-state index in [4.69, 9.17) is 25.0 Å². The first-order chi connectivity index (χ1) is 33.1. The topological polar surface area (TPSA) is 219 Å². The fourth-order valence-corrected chi connectivity index (χ4v) is 10.2. The fraction of sp³-hybridized carbons (Fsp3) is 0.490. The standard InChI is InChI=1S/C48H57F2N13O3.CH2O2/c1-5-48(46(66)58-47(2,3)4)14-16-60(17-15-48)40-12-6-30(25-52-40)42-43-31(24-51)26-54-63(43)29-39(56-42)32-27-53-62(28-32)35-9-7-34(8-10-35)59-18-20-61(21-19-59)44-36(49)22-33(23-37(44)50)55-38-11-13-41(64)57-45(38)65;2-1-3/h6,12,22-23,25-29,34-35,38,55H,5,7-11,13-21H2,1-4H3,(H,58,66)(H,57,64,65);1H,(H,2,3)/t34?,35?,38-;/m1./s1. The molecule has 0 radical (unpaired) electrons. The Labute approximate surface area is 399 Å². The van der Waals surface area contributed by atoms with Crippen molar-refractivity contribution in [3.05, 3.63) is 72.4 Å². The lowest BCUT2D eigenvalue weighted by molar-refractivity contribution is -0.135. The van der Waals surface area contributed by atoms with Crippen molar-refractivity contribution >= 4 is 46.9 Å². The van der Waals surface area contributed by atoms with Crippen LogP contribution in [0.1, 0.15) is 97.1 Å². The monoisotopic (exact) mass is 947 g/mol. The summed E-state index contributed by atoms with van der Waals surface area (Å²) in [7, 11) is 0. The first kappa shape index (κ1) is 48.4. The molecule has 364 valence electrons. The fourth-order valence-electron chi connectivity index (χ4n) is 10.2. The maximum Gasteiger partial charge on any atom is 0.290 e. The van der Waals surface area contributed by atoms with Crippen molar-refractivity contribution in [1.29, 1.82) is 5.26 Å². The molecule has 20 heteroatoms. The maximum absolute atomic E-state index is 15.4. The summed E-state index contributed by atoms with van der Waals surface area (Å²) in [6.07, 6.45) is 15.5. The summed E-state index contributed by atoms with van der Waals surface area (Å²) >= 11 is 0. The van der Waals surface area contributed by atoms with Gasteiger partial charge in [0.2, 0.25) is 17.7 Å². The highest BCUT2D eigenvalue weighted by molar-refractivity contribution is 6.01. The number of hydrogen-bond donors (Lipinski definition) is 4. The number of carbonyl (C=O) groups is 4. The molecule has 4 fully saturated rings. The first-order valence-corrected chi connectivity index (χ1v) is 23.7. The normalized spacial score (nSPS) is 20.9. The molecular formula is C49H59F2N13O5. The highest BCUT2D eigenvalue weighted by atomic mass is 19.1. The Morgan fingerprint density at radius 3 is 2.22 bits per heavy atom. The van der Waals surface area contributed by atoms with Crippen LogP contribution in [0.4, 0.5) is 26.0 Å². The summed E-state index contributed by atoms with van der Waals surface area (Å²) < 4.78 is 34.5. The number of carbonyl (C=O) groups excluding carboxylic acids is 3. The van der Waals surface area contributed by atoms with E-state index in [9.17, 15) is 19.6 Å². The molecule has 0 bridgehead atoms. The second-order valence-corrected chi connectivity index (χ2v) is 19.4. The third kappa shape index (κ3) is 10.5. The van der Waals surface area contributed by atoms with Gasteiger partial charge in [0.25, 0.3) is 6.47 Å². The molecule has 9 rings (SSSR count). The van der Waals surface area contributed by atoms with E-state index in [1.165, 1.54) is 12.1 Å². The summed E-state index contributed by atoms with van der Waals surface area (Å²) in [5, 5.41) is 34.5. The molecule has 0 unspecified atom stereocenters. The van der Waals surface area contributed by atoms with Crippen molar-refractivity contribution < 1.29 is 33.1 Å². The molecule has 4 N–H and O–H groups in total. The number of piperazine rings is 1. The van der Waals surface area contributed by atoms with E-state index in [0.29, 0.717) is 54.7 Å². The van der Waals surface area contributed by atoms with Gasteiger partial charge in [-0.15, -0.1) is 0 Å². The van der Waals surface area contributed by atoms with Crippen LogP contribution in [0.5, 0.6) is 0 Å². The third-order valence-corrected chi connectivity index (χ3v) is 14.0. The van der Waals surface area contributed by atoms with Gasteiger partial charge in [-0.3, -0.25) is 34.1 Å². The Hall–Kier alpha value is -7.01. The predicted octanol–water partition coefficient (Wildman–Crippen LogP) is 5.94. The Kier molecular flexibility index (Phi) is 14.3. The van der Waals surface area contributed by atoms with Gasteiger partial charge in [0.05, 0.1) is 41.4 Å². The van der Waals surface area contributed by atoms with E-state index in [0.717, 1.165) is 75.0 Å². The maximum atomic E-state index is 15.4. The van der Waals surface area contributed by atoms with E-state index in [-0.39, 0.29) is 54.1 Å². The molecule has 69 heavy (non-hydrogen) atoms. The lowest BCUT2D eigenvalue weighted by Gasteiger charge is -2.42. The van der Waals surface area contributed by atoms with Crippen LogP contribution in [0.15, 0.2) is 55.2 Å². The van der Waals surface area contributed by atoms with Crippen molar-refractivity contribution in [3.63, 3.8) is 0 Å². The van der Waals surface area contributed by atoms with Gasteiger partial charge in [-0.25, -0.2) is 23.3 Å². The number of nitrogens with one attached hydrogen (secondary N) is 3. The predicted molar refractivity (Wildman–Crippen MR) is 254 cm³/mol. The number of piperidine rings is 2. The second kappa shape index (κ2) is 20.3. The number of aromatic nitrogens is 6. The van der Waals surface area contributed by atoms with Gasteiger partial charge in [0.1, 0.15) is 34.7 Å². The van der Waals surface area contributed by atoms with Crippen LogP contribution in [0.25, 0.3) is 28.0 Å². The highest BCUT2D eigenvalue weighted by Crippen LogP contribution is 2.39. The number of benzene rings is 1. The number of pyridine rings is 1. The van der Waals surface area contributed by atoms with Crippen LogP contribution < -0.4 is 25.8 Å². The Morgan fingerprint density at radius 2 is 1.61 bits per heavy atom. The molecule has 7 heterocycles. The smallest absolute Gasteiger partial charge is 0.290 e. The van der Waals surface area contributed by atoms with Gasteiger partial charge >= 0.3 is 0 Å². The van der Waals surface area contributed by atoms with Gasteiger partial charge in [-0.2, -0.15) is 15.5 Å². The van der Waals surface area contributed by atoms with E-state index in [2.05, 4.69) is 43.8 Å². The molecule has 18 nitrogen and oxygen atoms in total. The number of nitrogens with zero attached hydrogens (tertiary/aromatic N) is 10. The van der Waals surface area contributed by atoms with Gasteiger partial charge < -0.3 is 25.5 Å². The number of anilines is 3. The van der Waals surface area contributed by atoms with Crippen molar-refractivity contribution in [2.75, 3.05) is 54.4 Å². The Balaban J connectivity index is 0.00000209. The van der Waals surface area contributed by atoms with Crippen molar-refractivity contribution in [3.8, 4) is 28.6 Å². The van der Waals surface area contributed by atoms with Crippen LogP contribution in [-0.4, -0.2) is 120 Å². The average Bonchev–Trinajstić information content (AvgIpc) is 4.01. The average molecular weight is 948 g/mol. The number of imide groups is 1. The zero-order valence-corrected chi connectivity index (χ0v) is 39.4. The third-order valence-electron chi connectivity index (χ3n) is 14.0. The molecule has 1 saturated carbocycles. The zero-order valence-electron chi connectivity index (χ0n) is 39.4. The number of amides is 3. The van der Waals surface area contributed by atoms with E-state index >= 15 is 8.78 Å². The molecule has 3 aliphatic heterocycles. The van der Waals surface area contributed by atoms with E-state index < -0.39 is 29.0 Å². The molecular weight excluding hydrogens is 889 g/mol. The minimum absolute atomic E-state index is 0.0632. The van der Waals surface area contributed by atoms with Gasteiger partial charge in [0, 0.05) is 86.5 Å². The van der Waals surface area contributed by atoms with Crippen LogP contribution in [0.3, 0.4) is 0 Å². The van der Waals surface area contributed by atoms with Crippen molar-refractivity contribution in [2.45, 2.75) is 109 Å². The Bertz CT molecular complexity index is 2700. The second-order valence-electron chi connectivity index (χ2n) is 19.4. The summed E-state index contributed by atoms with van der Waals surface area (Å²) in [6, 6.07) is 8.48. The van der Waals surface area contributed by atoms with Crippen molar-refractivity contribution in [2.24, 2.45) is 5.41 Å². The van der Waals surface area contributed by atoms with Crippen LogP contribution in [0.2, 0.25) is 0 Å². The van der Waals surface area contributed by atoms with E-state index in [1.807, 2.05) is 56.2 Å². The molecule has 4 aromatic heterocycles. The van der Waals surface area contributed by atoms with Crippen LogP contribution in [-0.2, 0) is 19.2 Å². The molecule has 4 aliphatic rings. The van der Waals surface area contributed by atoms with E-state index in [1.54, 1.807) is 21.8 Å². The van der Waals surface area contributed by atoms with Crippen LogP contribution >= 0.6 is 0 Å². The lowest BCUT2D eigenvalue weighted by Crippen LogP contribution is -2.53. The largest absolute Gasteiger partial charge is 0.483 e. The van der Waals surface area contributed by atoms with Gasteiger partial charge in [-0.1, -0.05) is 6.92 Å².